The van der Waals surface area contributed by atoms with Crippen molar-refractivity contribution in [2.75, 3.05) is 70.3 Å². The second-order valence-electron chi connectivity index (χ2n) is 6.57. The van der Waals surface area contributed by atoms with Crippen LogP contribution in [-0.2, 0) is 4.79 Å². The van der Waals surface area contributed by atoms with Crippen molar-refractivity contribution in [2.24, 2.45) is 0 Å². The molecule has 1 aromatic rings. The van der Waals surface area contributed by atoms with Crippen molar-refractivity contribution in [3.8, 4) is 6.07 Å². The summed E-state index contributed by atoms with van der Waals surface area (Å²) in [7, 11) is 0. The average Bonchev–Trinajstić information content (AvgIpc) is 2.74. The number of nitrogens with zero attached hydrogens (tertiary/aromatic N) is 6. The van der Waals surface area contributed by atoms with Crippen LogP contribution in [-0.4, -0.2) is 91.1 Å². The molecule has 2 aliphatic rings. The van der Waals surface area contributed by atoms with Gasteiger partial charge in [-0.05, 0) is 6.07 Å². The van der Waals surface area contributed by atoms with Gasteiger partial charge in [-0.3, -0.25) is 9.69 Å². The molecule has 0 atom stereocenters. The second kappa shape index (κ2) is 9.85. The minimum absolute atomic E-state index is 0.153. The molecule has 144 valence electrons. The van der Waals surface area contributed by atoms with Crippen LogP contribution in [0.3, 0.4) is 0 Å². The normalized spacial score (nSPS) is 18.9. The first kappa shape index (κ1) is 19.1. The monoisotopic (exact) mass is 370 g/mol. The summed E-state index contributed by atoms with van der Waals surface area (Å²) in [6.07, 6.45) is 5.13. The molecule has 2 fully saturated rings. The summed E-state index contributed by atoms with van der Waals surface area (Å²) in [5.74, 6) is 0.411. The number of hydrogen-bond donors (Lipinski definition) is 2. The lowest BCUT2D eigenvalue weighted by molar-refractivity contribution is -0.117. The van der Waals surface area contributed by atoms with Crippen molar-refractivity contribution in [2.45, 2.75) is 0 Å². The summed E-state index contributed by atoms with van der Waals surface area (Å²) in [5.41, 5.74) is 0.153. The SMILES string of the molecule is N#C/C(=C/N1CCN(c2ncccn2)CC1)C(=O)NCCN1CCNCC1. The van der Waals surface area contributed by atoms with Crippen molar-refractivity contribution in [3.63, 3.8) is 0 Å². The van der Waals surface area contributed by atoms with Gasteiger partial charge in [0, 0.05) is 84.0 Å². The molecular weight excluding hydrogens is 344 g/mol. The lowest BCUT2D eigenvalue weighted by Gasteiger charge is -2.34. The molecule has 3 heterocycles. The highest BCUT2D eigenvalue weighted by molar-refractivity contribution is 5.97. The molecule has 1 amide bonds. The van der Waals surface area contributed by atoms with E-state index in [9.17, 15) is 10.1 Å². The van der Waals surface area contributed by atoms with E-state index in [-0.39, 0.29) is 11.5 Å². The maximum absolute atomic E-state index is 12.3. The quantitative estimate of drug-likeness (QED) is 0.487. The van der Waals surface area contributed by atoms with Gasteiger partial charge in [0.25, 0.3) is 5.91 Å². The highest BCUT2D eigenvalue weighted by Gasteiger charge is 2.19. The molecule has 0 aromatic carbocycles. The Balaban J connectivity index is 1.45. The third-order valence-electron chi connectivity index (χ3n) is 4.75. The molecule has 2 aliphatic heterocycles. The average molecular weight is 370 g/mol. The van der Waals surface area contributed by atoms with Crippen LogP contribution in [0.15, 0.2) is 30.2 Å². The van der Waals surface area contributed by atoms with E-state index in [1.54, 1.807) is 24.7 Å². The van der Waals surface area contributed by atoms with Crippen LogP contribution in [0, 0.1) is 11.3 Å². The van der Waals surface area contributed by atoms with Gasteiger partial charge in [0.05, 0.1) is 0 Å². The van der Waals surface area contributed by atoms with Crippen molar-refractivity contribution >= 4 is 11.9 Å². The van der Waals surface area contributed by atoms with E-state index >= 15 is 0 Å². The summed E-state index contributed by atoms with van der Waals surface area (Å²) in [4.78, 5) is 27.2. The fraction of sp³-hybridized carbons (Fsp3) is 0.556. The zero-order valence-electron chi connectivity index (χ0n) is 15.5. The molecule has 0 aliphatic carbocycles. The molecule has 0 saturated carbocycles. The molecule has 2 N–H and O–H groups in total. The molecule has 3 rings (SSSR count). The minimum Gasteiger partial charge on any atom is -0.373 e. The third kappa shape index (κ3) is 5.64. The maximum atomic E-state index is 12.3. The maximum Gasteiger partial charge on any atom is 0.263 e. The molecule has 2 saturated heterocycles. The van der Waals surface area contributed by atoms with Crippen molar-refractivity contribution < 1.29 is 4.79 Å². The summed E-state index contributed by atoms with van der Waals surface area (Å²) in [5, 5.41) is 15.5. The van der Waals surface area contributed by atoms with Gasteiger partial charge in [-0.25, -0.2) is 9.97 Å². The van der Waals surface area contributed by atoms with Crippen molar-refractivity contribution in [1.82, 2.24) is 30.4 Å². The van der Waals surface area contributed by atoms with Gasteiger partial charge in [-0.2, -0.15) is 5.26 Å². The molecule has 27 heavy (non-hydrogen) atoms. The molecule has 0 bridgehead atoms. The molecule has 0 spiro atoms. The molecule has 0 unspecified atom stereocenters. The topological polar surface area (TPSA) is 100 Å². The van der Waals surface area contributed by atoms with E-state index in [1.807, 2.05) is 11.0 Å². The second-order valence-corrected chi connectivity index (χ2v) is 6.57. The molecule has 9 heteroatoms. The van der Waals surface area contributed by atoms with E-state index in [0.29, 0.717) is 12.5 Å². The standard InChI is InChI=1S/C18H26N8O/c19-14-16(17(27)21-6-9-24-7-4-20-5-8-24)15-25-10-12-26(13-11-25)18-22-2-1-3-23-18/h1-3,15,20H,4-13H2,(H,21,27)/b16-15-. The number of amides is 1. The smallest absolute Gasteiger partial charge is 0.263 e. The summed E-state index contributed by atoms with van der Waals surface area (Å²) < 4.78 is 0. The Kier molecular flexibility index (Phi) is 6.96. The Morgan fingerprint density at radius 3 is 2.56 bits per heavy atom. The number of nitriles is 1. The number of piperazine rings is 2. The van der Waals surface area contributed by atoms with Crippen LogP contribution < -0.4 is 15.5 Å². The molecule has 9 nitrogen and oxygen atoms in total. The summed E-state index contributed by atoms with van der Waals surface area (Å²) in [6, 6.07) is 3.82. The highest BCUT2D eigenvalue weighted by atomic mass is 16.1. The van der Waals surface area contributed by atoms with Gasteiger partial charge >= 0.3 is 0 Å². The summed E-state index contributed by atoms with van der Waals surface area (Å²) >= 11 is 0. The zero-order valence-corrected chi connectivity index (χ0v) is 15.5. The highest BCUT2D eigenvalue weighted by Crippen LogP contribution is 2.10. The number of nitrogens with one attached hydrogen (secondary N) is 2. The third-order valence-corrected chi connectivity index (χ3v) is 4.75. The number of anilines is 1. The van der Waals surface area contributed by atoms with E-state index in [2.05, 4.69) is 30.4 Å². The Bertz CT molecular complexity index is 672. The van der Waals surface area contributed by atoms with Crippen LogP contribution in [0.4, 0.5) is 5.95 Å². The minimum atomic E-state index is -0.304. The Hall–Kier alpha value is -2.70. The van der Waals surface area contributed by atoms with Crippen molar-refractivity contribution in [1.29, 1.82) is 5.26 Å². The van der Waals surface area contributed by atoms with Gasteiger partial charge in [0.15, 0.2) is 0 Å². The first-order valence-electron chi connectivity index (χ1n) is 9.35. The molecule has 0 radical (unpaired) electrons. The van der Waals surface area contributed by atoms with E-state index < -0.39 is 0 Å². The van der Waals surface area contributed by atoms with Crippen LogP contribution in [0.5, 0.6) is 0 Å². The number of carbonyl (C=O) groups excluding carboxylic acids is 1. The zero-order chi connectivity index (χ0) is 18.9. The first-order valence-corrected chi connectivity index (χ1v) is 9.35. The van der Waals surface area contributed by atoms with Crippen LogP contribution in [0.25, 0.3) is 0 Å². The summed E-state index contributed by atoms with van der Waals surface area (Å²) in [6.45, 7) is 8.26. The predicted octanol–water partition coefficient (Wildman–Crippen LogP) is -0.973. The number of aromatic nitrogens is 2. The number of rotatable bonds is 6. The predicted molar refractivity (Wildman–Crippen MR) is 102 cm³/mol. The van der Waals surface area contributed by atoms with E-state index in [0.717, 1.165) is 58.9 Å². The molecule has 1 aromatic heterocycles. The van der Waals surface area contributed by atoms with Crippen molar-refractivity contribution in [3.05, 3.63) is 30.2 Å². The van der Waals surface area contributed by atoms with Crippen LogP contribution in [0.1, 0.15) is 0 Å². The lowest BCUT2D eigenvalue weighted by atomic mass is 10.2. The fourth-order valence-corrected chi connectivity index (χ4v) is 3.18. The van der Waals surface area contributed by atoms with Gasteiger partial charge < -0.3 is 20.4 Å². The van der Waals surface area contributed by atoms with Crippen LogP contribution >= 0.6 is 0 Å². The Morgan fingerprint density at radius 1 is 1.19 bits per heavy atom. The van der Waals surface area contributed by atoms with E-state index in [4.69, 9.17) is 0 Å². The molecular formula is C18H26N8O. The van der Waals surface area contributed by atoms with E-state index in [1.165, 1.54) is 0 Å². The Labute approximate surface area is 159 Å². The van der Waals surface area contributed by atoms with Crippen LogP contribution in [0.2, 0.25) is 0 Å². The lowest BCUT2D eigenvalue weighted by Crippen LogP contribution is -2.46. The fourth-order valence-electron chi connectivity index (χ4n) is 3.18. The Morgan fingerprint density at radius 2 is 1.89 bits per heavy atom. The van der Waals surface area contributed by atoms with Gasteiger partial charge in [0.1, 0.15) is 11.6 Å². The van der Waals surface area contributed by atoms with Gasteiger partial charge in [-0.15, -0.1) is 0 Å². The number of hydrogen-bond acceptors (Lipinski definition) is 8. The number of carbonyl (C=O) groups is 1. The largest absolute Gasteiger partial charge is 0.373 e. The first-order chi connectivity index (χ1) is 13.3. The van der Waals surface area contributed by atoms with Gasteiger partial charge in [0.2, 0.25) is 5.95 Å². The van der Waals surface area contributed by atoms with Gasteiger partial charge in [-0.1, -0.05) is 0 Å².